The van der Waals surface area contributed by atoms with Gasteiger partial charge in [0.2, 0.25) is 0 Å². The monoisotopic (exact) mass is 284 g/mol. The third-order valence-electron chi connectivity index (χ3n) is 4.01. The minimum Gasteiger partial charge on any atom is -0.382 e. The van der Waals surface area contributed by atoms with Crippen LogP contribution in [0, 0.1) is 0 Å². The first-order chi connectivity index (χ1) is 10.1. The van der Waals surface area contributed by atoms with Crippen LogP contribution in [-0.4, -0.2) is 11.1 Å². The number of nitrogens with two attached hydrogens (primary N) is 1. The first-order valence-electron chi connectivity index (χ1n) is 7.73. The van der Waals surface area contributed by atoms with Crippen molar-refractivity contribution in [3.63, 3.8) is 0 Å². The summed E-state index contributed by atoms with van der Waals surface area (Å²) >= 11 is 0. The lowest BCUT2D eigenvalue weighted by Crippen LogP contribution is -2.88. The van der Waals surface area contributed by atoms with Crippen molar-refractivity contribution in [2.24, 2.45) is 0 Å². The number of hydrogen-bond donors (Lipinski definition) is 2. The second-order valence-electron chi connectivity index (χ2n) is 6.05. The molecule has 0 saturated heterocycles. The van der Waals surface area contributed by atoms with E-state index in [9.17, 15) is 5.11 Å². The third kappa shape index (κ3) is 4.42. The summed E-state index contributed by atoms with van der Waals surface area (Å²) < 4.78 is 0. The quantitative estimate of drug-likeness (QED) is 0.840. The Balaban J connectivity index is 1.90. The molecule has 2 atom stereocenters. The molecule has 2 rings (SSSR count). The Kier molecular flexibility index (Phi) is 5.54. The molecule has 0 radical (unpaired) electrons. The number of hydrogen-bond acceptors (Lipinski definition) is 1. The smallest absolute Gasteiger partial charge is 0.130 e. The van der Waals surface area contributed by atoms with Crippen molar-refractivity contribution in [2.75, 3.05) is 0 Å². The molecule has 0 aliphatic rings. The fourth-order valence-corrected chi connectivity index (χ4v) is 2.44. The molecule has 2 aromatic carbocycles. The highest BCUT2D eigenvalue weighted by molar-refractivity contribution is 5.24. The highest BCUT2D eigenvalue weighted by atomic mass is 16.3. The van der Waals surface area contributed by atoms with Crippen molar-refractivity contribution >= 4 is 0 Å². The Labute approximate surface area is 127 Å². The number of aliphatic hydroxyl groups excluding tert-OH is 1. The number of quaternary nitrogens is 1. The van der Waals surface area contributed by atoms with Crippen molar-refractivity contribution in [3.05, 3.63) is 71.3 Å². The maximum absolute atomic E-state index is 10.4. The second-order valence-corrected chi connectivity index (χ2v) is 6.05. The van der Waals surface area contributed by atoms with Gasteiger partial charge in [-0.2, -0.15) is 0 Å². The molecule has 0 bridgehead atoms. The SMILES string of the molecule is CC(C)c1ccc(C[NH2+][C@H](C)[C@@H](O)c2ccccc2)cc1. The molecule has 0 aliphatic heterocycles. The molecule has 0 aromatic heterocycles. The minimum absolute atomic E-state index is 0.136. The zero-order valence-corrected chi connectivity index (χ0v) is 13.2. The summed E-state index contributed by atoms with van der Waals surface area (Å²) in [6.07, 6.45) is -0.430. The second kappa shape index (κ2) is 7.39. The van der Waals surface area contributed by atoms with Crippen molar-refractivity contribution in [1.82, 2.24) is 0 Å². The minimum atomic E-state index is -0.430. The Bertz CT molecular complexity index is 533. The van der Waals surface area contributed by atoms with Gasteiger partial charge in [0.15, 0.2) is 0 Å². The standard InChI is InChI=1S/C19H25NO/c1-14(2)17-11-9-16(10-12-17)13-20-15(3)19(21)18-7-5-4-6-8-18/h4-12,14-15,19-21H,13H2,1-3H3/p+1/t15-,19-/m1/s1. The third-order valence-corrected chi connectivity index (χ3v) is 4.01. The van der Waals surface area contributed by atoms with E-state index in [0.717, 1.165) is 12.1 Å². The summed E-state index contributed by atoms with van der Waals surface area (Å²) in [4.78, 5) is 0. The fourth-order valence-electron chi connectivity index (χ4n) is 2.44. The summed E-state index contributed by atoms with van der Waals surface area (Å²) in [7, 11) is 0. The van der Waals surface area contributed by atoms with E-state index in [1.807, 2.05) is 30.3 Å². The lowest BCUT2D eigenvalue weighted by molar-refractivity contribution is -0.709. The van der Waals surface area contributed by atoms with Crippen LogP contribution in [0.25, 0.3) is 0 Å². The van der Waals surface area contributed by atoms with E-state index in [1.54, 1.807) is 0 Å². The largest absolute Gasteiger partial charge is 0.382 e. The highest BCUT2D eigenvalue weighted by Gasteiger charge is 2.18. The van der Waals surface area contributed by atoms with Crippen LogP contribution < -0.4 is 5.32 Å². The highest BCUT2D eigenvalue weighted by Crippen LogP contribution is 2.15. The molecule has 0 spiro atoms. The summed E-state index contributed by atoms with van der Waals surface area (Å²) in [6, 6.07) is 18.8. The van der Waals surface area contributed by atoms with Gasteiger partial charge < -0.3 is 10.4 Å². The average Bonchev–Trinajstić information content (AvgIpc) is 2.53. The van der Waals surface area contributed by atoms with Crippen LogP contribution in [0.15, 0.2) is 54.6 Å². The number of aliphatic hydroxyl groups is 1. The molecule has 0 unspecified atom stereocenters. The molecule has 112 valence electrons. The molecule has 0 fully saturated rings. The average molecular weight is 284 g/mol. The van der Waals surface area contributed by atoms with E-state index >= 15 is 0 Å². The van der Waals surface area contributed by atoms with Crippen molar-refractivity contribution < 1.29 is 10.4 Å². The first kappa shape index (κ1) is 15.7. The molecule has 2 heteroatoms. The predicted octanol–water partition coefficient (Wildman–Crippen LogP) is 3.00. The first-order valence-corrected chi connectivity index (χ1v) is 7.73. The Morgan fingerprint density at radius 3 is 2.05 bits per heavy atom. The number of benzene rings is 2. The van der Waals surface area contributed by atoms with Gasteiger partial charge in [0, 0.05) is 5.56 Å². The Morgan fingerprint density at radius 2 is 1.48 bits per heavy atom. The van der Waals surface area contributed by atoms with E-state index < -0.39 is 6.10 Å². The maximum Gasteiger partial charge on any atom is 0.130 e. The Morgan fingerprint density at radius 1 is 0.857 bits per heavy atom. The van der Waals surface area contributed by atoms with Crippen LogP contribution in [0.4, 0.5) is 0 Å². The zero-order chi connectivity index (χ0) is 15.2. The lowest BCUT2D eigenvalue weighted by atomic mass is 10.0. The fraction of sp³-hybridized carbons (Fsp3) is 0.368. The van der Waals surface area contributed by atoms with Crippen LogP contribution in [-0.2, 0) is 6.54 Å². The molecule has 0 aliphatic carbocycles. The molecule has 2 nitrogen and oxygen atoms in total. The van der Waals surface area contributed by atoms with Gasteiger partial charge in [0.05, 0.1) is 0 Å². The van der Waals surface area contributed by atoms with Crippen LogP contribution in [0.5, 0.6) is 0 Å². The molecular formula is C19H26NO+. The predicted molar refractivity (Wildman–Crippen MR) is 87.0 cm³/mol. The van der Waals surface area contributed by atoms with E-state index in [0.29, 0.717) is 5.92 Å². The van der Waals surface area contributed by atoms with Gasteiger partial charge in [-0.1, -0.05) is 68.4 Å². The molecule has 3 N–H and O–H groups in total. The number of rotatable bonds is 6. The molecule has 0 amide bonds. The lowest BCUT2D eigenvalue weighted by Gasteiger charge is -2.18. The Hall–Kier alpha value is -1.64. The van der Waals surface area contributed by atoms with Crippen molar-refractivity contribution in [1.29, 1.82) is 0 Å². The van der Waals surface area contributed by atoms with Crippen molar-refractivity contribution in [3.8, 4) is 0 Å². The molecular weight excluding hydrogens is 258 g/mol. The summed E-state index contributed by atoms with van der Waals surface area (Å²) in [5.41, 5.74) is 3.65. The zero-order valence-electron chi connectivity index (χ0n) is 13.2. The summed E-state index contributed by atoms with van der Waals surface area (Å²) in [6.45, 7) is 7.38. The van der Waals surface area contributed by atoms with E-state index in [-0.39, 0.29) is 6.04 Å². The normalized spacial score (nSPS) is 14.1. The van der Waals surface area contributed by atoms with Gasteiger partial charge in [-0.05, 0) is 24.0 Å². The van der Waals surface area contributed by atoms with Gasteiger partial charge >= 0.3 is 0 Å². The van der Waals surface area contributed by atoms with E-state index in [4.69, 9.17) is 0 Å². The maximum atomic E-state index is 10.4. The van der Waals surface area contributed by atoms with Gasteiger partial charge in [0.1, 0.15) is 18.7 Å². The molecule has 21 heavy (non-hydrogen) atoms. The van der Waals surface area contributed by atoms with Crippen LogP contribution in [0.2, 0.25) is 0 Å². The molecule has 2 aromatic rings. The molecule has 0 heterocycles. The van der Waals surface area contributed by atoms with Gasteiger partial charge in [-0.15, -0.1) is 0 Å². The van der Waals surface area contributed by atoms with Crippen molar-refractivity contribution in [2.45, 2.75) is 45.4 Å². The van der Waals surface area contributed by atoms with E-state index in [1.165, 1.54) is 11.1 Å². The van der Waals surface area contributed by atoms with Gasteiger partial charge in [-0.3, -0.25) is 0 Å². The topological polar surface area (TPSA) is 36.8 Å². The van der Waals surface area contributed by atoms with Crippen LogP contribution in [0.3, 0.4) is 0 Å². The van der Waals surface area contributed by atoms with Gasteiger partial charge in [0.25, 0.3) is 0 Å². The van der Waals surface area contributed by atoms with Crippen LogP contribution in [0.1, 0.15) is 49.5 Å². The van der Waals surface area contributed by atoms with Gasteiger partial charge in [-0.25, -0.2) is 0 Å². The van der Waals surface area contributed by atoms with E-state index in [2.05, 4.69) is 50.4 Å². The summed E-state index contributed by atoms with van der Waals surface area (Å²) in [5, 5.41) is 12.5. The van der Waals surface area contributed by atoms with Crippen LogP contribution >= 0.6 is 0 Å². The molecule has 0 saturated carbocycles. The summed E-state index contributed by atoms with van der Waals surface area (Å²) in [5.74, 6) is 0.571.